The van der Waals surface area contributed by atoms with Crippen LogP contribution in [0.2, 0.25) is 0 Å². The monoisotopic (exact) mass is 486 g/mol. The van der Waals surface area contributed by atoms with Crippen molar-refractivity contribution >= 4 is 34.3 Å². The molecule has 10 nitrogen and oxygen atoms in total. The zero-order valence-corrected chi connectivity index (χ0v) is 20.8. The summed E-state index contributed by atoms with van der Waals surface area (Å²) in [5, 5.41) is 0. The molecule has 0 amide bonds. The van der Waals surface area contributed by atoms with E-state index in [4.69, 9.17) is 15.7 Å². The SMILES string of the molecule is CCN1CCC(CN(c2ccc(N)cc2)c2nc(N3CCc4nc[nH]c4CC3)c3[nH]cnc3n2)CC1. The van der Waals surface area contributed by atoms with Gasteiger partial charge in [-0.3, -0.25) is 0 Å². The molecule has 0 atom stereocenters. The Hall–Kier alpha value is -3.66. The van der Waals surface area contributed by atoms with E-state index in [1.54, 1.807) is 12.7 Å². The third-order valence-corrected chi connectivity index (χ3v) is 7.65. The summed E-state index contributed by atoms with van der Waals surface area (Å²) in [5.74, 6) is 2.16. The van der Waals surface area contributed by atoms with Crippen molar-refractivity contribution < 1.29 is 0 Å². The molecule has 3 aromatic heterocycles. The second-order valence-electron chi connectivity index (χ2n) is 9.84. The van der Waals surface area contributed by atoms with Gasteiger partial charge in [-0.15, -0.1) is 0 Å². The van der Waals surface area contributed by atoms with Crippen molar-refractivity contribution in [2.75, 3.05) is 54.8 Å². The normalized spacial score (nSPS) is 17.3. The fourth-order valence-electron chi connectivity index (χ4n) is 5.45. The lowest BCUT2D eigenvalue weighted by molar-refractivity contribution is 0.195. The van der Waals surface area contributed by atoms with Crippen LogP contribution in [0.1, 0.15) is 31.2 Å². The number of aromatic nitrogens is 6. The molecule has 188 valence electrons. The number of aromatic amines is 2. The van der Waals surface area contributed by atoms with Crippen molar-refractivity contribution in [2.45, 2.75) is 32.6 Å². The van der Waals surface area contributed by atoms with Crippen molar-refractivity contribution in [3.05, 3.63) is 48.3 Å². The average molecular weight is 487 g/mol. The number of rotatable bonds is 6. The molecule has 0 saturated carbocycles. The molecular formula is C26H34N10. The standard InChI is InChI=1S/C26H34N10/c1-2-34-11-7-18(8-12-34)15-36(20-5-3-19(27)4-6-20)26-32-24-23(30-17-31-24)25(33-26)35-13-9-21-22(10-14-35)29-16-28-21/h3-6,16-18H,2,7-15,27H2,1H3,(H,28,29)(H,30,31,32,33). The van der Waals surface area contributed by atoms with Crippen LogP contribution in [0, 0.1) is 5.92 Å². The van der Waals surface area contributed by atoms with Crippen LogP contribution >= 0.6 is 0 Å². The van der Waals surface area contributed by atoms with Gasteiger partial charge in [0.15, 0.2) is 11.5 Å². The summed E-state index contributed by atoms with van der Waals surface area (Å²) in [4.78, 5) is 32.9. The Kier molecular flexibility index (Phi) is 6.18. The highest BCUT2D eigenvalue weighted by atomic mass is 15.3. The molecule has 5 heterocycles. The average Bonchev–Trinajstić information content (AvgIpc) is 3.53. The Balaban J connectivity index is 1.35. The predicted molar refractivity (Wildman–Crippen MR) is 143 cm³/mol. The molecule has 6 rings (SSSR count). The molecule has 1 aromatic carbocycles. The van der Waals surface area contributed by atoms with Crippen LogP contribution in [0.4, 0.5) is 23.1 Å². The van der Waals surface area contributed by atoms with Crippen molar-refractivity contribution in [2.24, 2.45) is 5.92 Å². The highest BCUT2D eigenvalue weighted by molar-refractivity contribution is 5.85. The minimum absolute atomic E-state index is 0.571. The Morgan fingerprint density at radius 1 is 0.972 bits per heavy atom. The number of imidazole rings is 2. The number of H-pyrrole nitrogens is 2. The summed E-state index contributed by atoms with van der Waals surface area (Å²) in [5.41, 5.74) is 11.8. The molecule has 0 aliphatic carbocycles. The number of hydrogen-bond donors (Lipinski definition) is 3. The largest absolute Gasteiger partial charge is 0.399 e. The third-order valence-electron chi connectivity index (χ3n) is 7.65. The van der Waals surface area contributed by atoms with Gasteiger partial charge in [0.05, 0.1) is 18.3 Å². The highest BCUT2D eigenvalue weighted by Gasteiger charge is 2.26. The zero-order chi connectivity index (χ0) is 24.5. The smallest absolute Gasteiger partial charge is 0.234 e. The summed E-state index contributed by atoms with van der Waals surface area (Å²) in [6.45, 7) is 8.21. The van der Waals surface area contributed by atoms with Crippen LogP contribution < -0.4 is 15.5 Å². The lowest BCUT2D eigenvalue weighted by Gasteiger charge is -2.34. The summed E-state index contributed by atoms with van der Waals surface area (Å²) >= 11 is 0. The molecule has 0 spiro atoms. The first kappa shape index (κ1) is 22.8. The Morgan fingerprint density at radius 3 is 2.56 bits per heavy atom. The number of likely N-dealkylation sites (tertiary alicyclic amines) is 1. The maximum Gasteiger partial charge on any atom is 0.234 e. The highest BCUT2D eigenvalue weighted by Crippen LogP contribution is 2.32. The van der Waals surface area contributed by atoms with Crippen LogP contribution in [0.25, 0.3) is 11.2 Å². The summed E-state index contributed by atoms with van der Waals surface area (Å²) in [6, 6.07) is 8.04. The van der Waals surface area contributed by atoms with E-state index in [-0.39, 0.29) is 0 Å². The fraction of sp³-hybridized carbons (Fsp3) is 0.462. The van der Waals surface area contributed by atoms with Crippen molar-refractivity contribution in [3.63, 3.8) is 0 Å². The Morgan fingerprint density at radius 2 is 1.75 bits per heavy atom. The van der Waals surface area contributed by atoms with Gasteiger partial charge in [-0.1, -0.05) is 6.92 Å². The molecule has 4 aromatic rings. The van der Waals surface area contributed by atoms with Crippen molar-refractivity contribution in [1.29, 1.82) is 0 Å². The van der Waals surface area contributed by atoms with Crippen LogP contribution in [-0.2, 0) is 12.8 Å². The predicted octanol–water partition coefficient (Wildman–Crippen LogP) is 3.13. The quantitative estimate of drug-likeness (QED) is 0.356. The Bertz CT molecular complexity index is 1280. The molecule has 0 bridgehead atoms. The number of nitrogens with two attached hydrogens (primary N) is 1. The second-order valence-corrected chi connectivity index (χ2v) is 9.84. The minimum Gasteiger partial charge on any atom is -0.399 e. The first-order valence-corrected chi connectivity index (χ1v) is 13.0. The van der Waals surface area contributed by atoms with Gasteiger partial charge in [0.1, 0.15) is 5.52 Å². The zero-order valence-electron chi connectivity index (χ0n) is 20.8. The lowest BCUT2D eigenvalue weighted by atomic mass is 9.96. The maximum absolute atomic E-state index is 6.02. The molecule has 1 fully saturated rings. The number of nitrogens with zero attached hydrogens (tertiary/aromatic N) is 7. The summed E-state index contributed by atoms with van der Waals surface area (Å²) in [6.07, 6.45) is 7.64. The Labute approximate surface area is 211 Å². The van der Waals surface area contributed by atoms with Gasteiger partial charge in [-0.25, -0.2) is 9.97 Å². The van der Waals surface area contributed by atoms with Crippen LogP contribution in [-0.4, -0.2) is 74.1 Å². The molecule has 0 radical (unpaired) electrons. The number of benzene rings is 1. The van der Waals surface area contributed by atoms with E-state index in [1.165, 1.54) is 18.5 Å². The summed E-state index contributed by atoms with van der Waals surface area (Å²) < 4.78 is 0. The fourth-order valence-corrected chi connectivity index (χ4v) is 5.45. The van der Waals surface area contributed by atoms with E-state index in [0.717, 1.165) is 80.5 Å². The van der Waals surface area contributed by atoms with Gasteiger partial charge in [-0.2, -0.15) is 9.97 Å². The molecule has 0 unspecified atom stereocenters. The molecule has 2 aliphatic rings. The van der Waals surface area contributed by atoms with Gasteiger partial charge in [-0.05, 0) is 62.7 Å². The number of fused-ring (bicyclic) bond motifs is 2. The molecule has 10 heteroatoms. The van der Waals surface area contributed by atoms with Gasteiger partial charge in [0, 0.05) is 49.5 Å². The van der Waals surface area contributed by atoms with E-state index >= 15 is 0 Å². The van der Waals surface area contributed by atoms with E-state index in [9.17, 15) is 0 Å². The molecule has 36 heavy (non-hydrogen) atoms. The number of anilines is 4. The second kappa shape index (κ2) is 9.77. The molecule has 2 aliphatic heterocycles. The van der Waals surface area contributed by atoms with E-state index in [2.05, 4.69) is 53.7 Å². The van der Waals surface area contributed by atoms with Crippen LogP contribution in [0.15, 0.2) is 36.9 Å². The van der Waals surface area contributed by atoms with Gasteiger partial charge < -0.3 is 30.4 Å². The van der Waals surface area contributed by atoms with E-state index in [0.29, 0.717) is 17.5 Å². The number of nitrogen functional groups attached to an aromatic ring is 1. The first-order chi connectivity index (χ1) is 17.7. The van der Waals surface area contributed by atoms with Crippen molar-refractivity contribution in [3.8, 4) is 0 Å². The topological polar surface area (TPSA) is 119 Å². The van der Waals surface area contributed by atoms with Gasteiger partial charge in [0.25, 0.3) is 0 Å². The minimum atomic E-state index is 0.571. The number of hydrogen-bond acceptors (Lipinski definition) is 8. The third kappa shape index (κ3) is 4.48. The molecule has 4 N–H and O–H groups in total. The van der Waals surface area contributed by atoms with Gasteiger partial charge >= 0.3 is 0 Å². The number of nitrogens with one attached hydrogen (secondary N) is 2. The lowest BCUT2D eigenvalue weighted by Crippen LogP contribution is -2.38. The number of piperidine rings is 1. The first-order valence-electron chi connectivity index (χ1n) is 13.0. The molecule has 1 saturated heterocycles. The summed E-state index contributed by atoms with van der Waals surface area (Å²) in [7, 11) is 0. The van der Waals surface area contributed by atoms with E-state index in [1.807, 2.05) is 12.1 Å². The maximum atomic E-state index is 6.02. The van der Waals surface area contributed by atoms with Crippen LogP contribution in [0.3, 0.4) is 0 Å². The van der Waals surface area contributed by atoms with Crippen LogP contribution in [0.5, 0.6) is 0 Å². The van der Waals surface area contributed by atoms with E-state index < -0.39 is 0 Å². The van der Waals surface area contributed by atoms with Gasteiger partial charge in [0.2, 0.25) is 5.95 Å². The molecular weight excluding hydrogens is 452 g/mol. The van der Waals surface area contributed by atoms with Crippen molar-refractivity contribution in [1.82, 2.24) is 34.8 Å².